The molecule has 0 spiro atoms. The fourth-order valence-corrected chi connectivity index (χ4v) is 2.48. The first-order chi connectivity index (χ1) is 11.4. The number of hydrogen-bond donors (Lipinski definition) is 8. The summed E-state index contributed by atoms with van der Waals surface area (Å²) >= 11 is 0. The predicted molar refractivity (Wildman–Crippen MR) is 77.5 cm³/mol. The van der Waals surface area contributed by atoms with Gasteiger partial charge in [-0.15, -0.1) is 0 Å². The van der Waals surface area contributed by atoms with Crippen molar-refractivity contribution in [3.05, 3.63) is 0 Å². The Morgan fingerprint density at radius 2 is 1.72 bits per heavy atom. The van der Waals surface area contributed by atoms with E-state index < -0.39 is 66.7 Å². The Labute approximate surface area is 142 Å². The van der Waals surface area contributed by atoms with Gasteiger partial charge in [-0.05, 0) is 0 Å². The topological polar surface area (TPSA) is 206 Å². The number of carboxylic acid groups (broad SMARTS) is 1. The SMILES string of the molecule is CC(=O)NC(O)[C@@H](O)C(O)[C@@H]1O[C@@](O)(C(=O)O)C[C@H](O)[C@H]1NC(C)=O. The fourth-order valence-electron chi connectivity index (χ4n) is 2.48. The number of ether oxygens (including phenoxy) is 1. The molecule has 1 aliphatic heterocycles. The molecular weight excluding hydrogens is 344 g/mol. The molecule has 8 N–H and O–H groups in total. The second kappa shape index (κ2) is 8.03. The predicted octanol–water partition coefficient (Wildman–Crippen LogP) is -4.41. The molecule has 1 saturated heterocycles. The van der Waals surface area contributed by atoms with Crippen LogP contribution in [0.3, 0.4) is 0 Å². The standard InChI is InChI=1S/C13H22N2O10/c1-4(16)14-7-6(18)3-13(24,12(22)23)25-10(7)8(19)9(20)11(21)15-5(2)17/h6-11,18-21,24H,3H2,1-2H3,(H,14,16)(H,15,17)(H,22,23)/t6-,7+,8?,9-,10+,11?,13+/m0/s1. The van der Waals surface area contributed by atoms with Crippen molar-refractivity contribution < 1.29 is 49.8 Å². The lowest BCUT2D eigenvalue weighted by atomic mass is 9.88. The summed E-state index contributed by atoms with van der Waals surface area (Å²) in [7, 11) is 0. The second-order valence-corrected chi connectivity index (χ2v) is 5.80. The maximum atomic E-state index is 11.3. The summed E-state index contributed by atoms with van der Waals surface area (Å²) in [6.07, 6.45) is -10.4. The Kier molecular flexibility index (Phi) is 6.82. The zero-order chi connectivity index (χ0) is 19.5. The molecule has 0 radical (unpaired) electrons. The van der Waals surface area contributed by atoms with Gasteiger partial charge in [0.25, 0.3) is 5.79 Å². The van der Waals surface area contributed by atoms with Crippen molar-refractivity contribution in [2.75, 3.05) is 0 Å². The Morgan fingerprint density at radius 3 is 2.16 bits per heavy atom. The minimum atomic E-state index is -2.89. The van der Waals surface area contributed by atoms with E-state index in [9.17, 15) is 39.9 Å². The van der Waals surface area contributed by atoms with Crippen LogP contribution in [-0.2, 0) is 19.1 Å². The van der Waals surface area contributed by atoms with Gasteiger partial charge in [0.05, 0.1) is 12.1 Å². The van der Waals surface area contributed by atoms with Crippen LogP contribution in [0, 0.1) is 0 Å². The van der Waals surface area contributed by atoms with E-state index in [4.69, 9.17) is 9.84 Å². The molecule has 2 unspecified atom stereocenters. The molecule has 1 aliphatic rings. The number of carbonyl (C=O) groups is 3. The van der Waals surface area contributed by atoms with E-state index in [2.05, 4.69) is 5.32 Å². The number of hydrogen-bond acceptors (Lipinski definition) is 9. The molecule has 25 heavy (non-hydrogen) atoms. The number of nitrogens with one attached hydrogen (secondary N) is 2. The summed E-state index contributed by atoms with van der Waals surface area (Å²) in [4.78, 5) is 33.3. The van der Waals surface area contributed by atoms with E-state index in [0.717, 1.165) is 13.8 Å². The van der Waals surface area contributed by atoms with Gasteiger partial charge in [-0.25, -0.2) is 4.79 Å². The summed E-state index contributed by atoms with van der Waals surface area (Å²) in [6, 6.07) is -1.40. The molecule has 0 bridgehead atoms. The summed E-state index contributed by atoms with van der Waals surface area (Å²) < 4.78 is 4.90. The lowest BCUT2D eigenvalue weighted by Gasteiger charge is -2.45. The van der Waals surface area contributed by atoms with Crippen LogP contribution >= 0.6 is 0 Å². The average molecular weight is 366 g/mol. The highest BCUT2D eigenvalue weighted by Gasteiger charge is 2.54. The van der Waals surface area contributed by atoms with Crippen LogP contribution in [0.2, 0.25) is 0 Å². The molecule has 2 amide bonds. The van der Waals surface area contributed by atoms with Crippen LogP contribution in [0.15, 0.2) is 0 Å². The smallest absolute Gasteiger partial charge is 0.364 e. The van der Waals surface area contributed by atoms with Crippen molar-refractivity contribution in [3.8, 4) is 0 Å². The van der Waals surface area contributed by atoms with Crippen LogP contribution in [-0.4, -0.2) is 90.9 Å². The Morgan fingerprint density at radius 1 is 1.16 bits per heavy atom. The van der Waals surface area contributed by atoms with E-state index in [1.54, 1.807) is 0 Å². The van der Waals surface area contributed by atoms with E-state index in [-0.39, 0.29) is 0 Å². The van der Waals surface area contributed by atoms with E-state index in [0.29, 0.717) is 0 Å². The Balaban J connectivity index is 3.10. The van der Waals surface area contributed by atoms with Crippen LogP contribution in [0.5, 0.6) is 0 Å². The molecule has 0 aromatic rings. The normalized spacial score (nSPS) is 33.0. The summed E-state index contributed by atoms with van der Waals surface area (Å²) in [5.41, 5.74) is 0. The maximum absolute atomic E-state index is 11.3. The van der Waals surface area contributed by atoms with E-state index in [1.165, 1.54) is 0 Å². The first kappa shape index (κ1) is 21.2. The van der Waals surface area contributed by atoms with Gasteiger partial charge in [0.2, 0.25) is 11.8 Å². The van der Waals surface area contributed by atoms with Gasteiger partial charge in [0.1, 0.15) is 18.3 Å². The molecule has 1 fully saturated rings. The molecule has 0 aliphatic carbocycles. The Bertz CT molecular complexity index is 529. The second-order valence-electron chi connectivity index (χ2n) is 5.80. The van der Waals surface area contributed by atoms with Crippen molar-refractivity contribution >= 4 is 17.8 Å². The number of carbonyl (C=O) groups excluding carboxylic acids is 2. The Hall–Kier alpha value is -1.83. The lowest BCUT2D eigenvalue weighted by molar-refractivity contribution is -0.296. The number of aliphatic carboxylic acids is 1. The van der Waals surface area contributed by atoms with Crippen LogP contribution in [0.4, 0.5) is 0 Å². The van der Waals surface area contributed by atoms with E-state index in [1.807, 2.05) is 5.32 Å². The van der Waals surface area contributed by atoms with Gasteiger partial charge in [0, 0.05) is 20.3 Å². The molecule has 0 aromatic carbocycles. The third kappa shape index (κ3) is 5.07. The average Bonchev–Trinajstić information content (AvgIpc) is 2.47. The minimum Gasteiger partial charge on any atom is -0.477 e. The zero-order valence-corrected chi connectivity index (χ0v) is 13.5. The van der Waals surface area contributed by atoms with Crippen molar-refractivity contribution in [1.82, 2.24) is 10.6 Å². The highest BCUT2D eigenvalue weighted by atomic mass is 16.7. The summed E-state index contributed by atoms with van der Waals surface area (Å²) in [5.74, 6) is -6.15. The van der Waals surface area contributed by atoms with Gasteiger partial charge in [0.15, 0.2) is 6.23 Å². The largest absolute Gasteiger partial charge is 0.477 e. The summed E-state index contributed by atoms with van der Waals surface area (Å²) in [6.45, 7) is 2.11. The minimum absolute atomic E-state index is 0.664. The number of carboxylic acids is 1. The molecule has 12 heteroatoms. The number of aliphatic hydroxyl groups is 5. The van der Waals surface area contributed by atoms with Crippen molar-refractivity contribution in [3.63, 3.8) is 0 Å². The number of amides is 2. The molecule has 7 atom stereocenters. The molecule has 12 nitrogen and oxygen atoms in total. The van der Waals surface area contributed by atoms with Crippen LogP contribution in [0.25, 0.3) is 0 Å². The molecule has 1 rings (SSSR count). The van der Waals surface area contributed by atoms with Gasteiger partial charge in [-0.3, -0.25) is 9.59 Å². The third-order valence-electron chi connectivity index (χ3n) is 3.65. The quantitative estimate of drug-likeness (QED) is 0.212. The highest BCUT2D eigenvalue weighted by Crippen LogP contribution is 2.30. The molecule has 144 valence electrons. The molecule has 0 aromatic heterocycles. The first-order valence-electron chi connectivity index (χ1n) is 7.29. The number of rotatable bonds is 6. The van der Waals surface area contributed by atoms with Crippen LogP contribution < -0.4 is 10.6 Å². The third-order valence-corrected chi connectivity index (χ3v) is 3.65. The van der Waals surface area contributed by atoms with Gasteiger partial charge in [-0.2, -0.15) is 0 Å². The van der Waals surface area contributed by atoms with E-state index >= 15 is 0 Å². The maximum Gasteiger partial charge on any atom is 0.364 e. The monoisotopic (exact) mass is 366 g/mol. The van der Waals surface area contributed by atoms with Crippen LogP contribution in [0.1, 0.15) is 20.3 Å². The molecule has 0 saturated carbocycles. The summed E-state index contributed by atoms with van der Waals surface area (Å²) in [5, 5.41) is 62.9. The zero-order valence-electron chi connectivity index (χ0n) is 13.5. The van der Waals surface area contributed by atoms with Gasteiger partial charge >= 0.3 is 5.97 Å². The first-order valence-corrected chi connectivity index (χ1v) is 7.29. The van der Waals surface area contributed by atoms with Crippen molar-refractivity contribution in [2.24, 2.45) is 0 Å². The van der Waals surface area contributed by atoms with Crippen molar-refractivity contribution in [1.29, 1.82) is 0 Å². The van der Waals surface area contributed by atoms with Gasteiger partial charge < -0.3 is 46.0 Å². The fraction of sp³-hybridized carbons (Fsp3) is 0.769. The molecule has 1 heterocycles. The highest BCUT2D eigenvalue weighted by molar-refractivity contribution is 5.76. The molecular formula is C13H22N2O10. The number of aliphatic hydroxyl groups excluding tert-OH is 4. The lowest BCUT2D eigenvalue weighted by Crippen LogP contribution is -2.68. The van der Waals surface area contributed by atoms with Crippen molar-refractivity contribution in [2.45, 2.75) is 62.7 Å². The van der Waals surface area contributed by atoms with Gasteiger partial charge in [-0.1, -0.05) is 0 Å².